The third-order valence-electron chi connectivity index (χ3n) is 7.34. The smallest absolute Gasteiger partial charge is 0.333 e. The van der Waals surface area contributed by atoms with Gasteiger partial charge in [0.1, 0.15) is 34.2 Å². The molecule has 5 rings (SSSR count). The van der Waals surface area contributed by atoms with Gasteiger partial charge >= 0.3 is 6.55 Å². The van der Waals surface area contributed by atoms with E-state index in [1.54, 1.807) is 18.2 Å². The van der Waals surface area contributed by atoms with E-state index in [0.29, 0.717) is 10.7 Å². The molecule has 0 saturated carbocycles. The number of nitrogens with one attached hydrogen (secondary N) is 1. The average molecular weight is 661 g/mol. The highest BCUT2D eigenvalue weighted by Crippen LogP contribution is 2.38. The Kier molecular flexibility index (Phi) is 8.77. The molecule has 0 bridgehead atoms. The molecule has 0 aliphatic heterocycles. The van der Waals surface area contributed by atoms with Crippen molar-refractivity contribution in [3.8, 4) is 17.0 Å². The van der Waals surface area contributed by atoms with E-state index in [-0.39, 0.29) is 39.0 Å². The lowest BCUT2D eigenvalue weighted by atomic mass is 9.86. The summed E-state index contributed by atoms with van der Waals surface area (Å²) in [5, 5.41) is 29.1. The van der Waals surface area contributed by atoms with Gasteiger partial charge < -0.3 is 20.3 Å². The molecule has 1 atom stereocenters. The maximum atomic E-state index is 15.9. The first-order valence-corrected chi connectivity index (χ1v) is 14.0. The van der Waals surface area contributed by atoms with Crippen LogP contribution in [0.25, 0.3) is 22.2 Å². The molecule has 0 saturated heterocycles. The van der Waals surface area contributed by atoms with Crippen molar-refractivity contribution in [3.63, 3.8) is 0 Å². The highest BCUT2D eigenvalue weighted by molar-refractivity contribution is 6.31. The Morgan fingerprint density at radius 2 is 1.74 bits per heavy atom. The Balaban J connectivity index is 1.63. The molecule has 3 aromatic carbocycles. The second-order valence-electron chi connectivity index (χ2n) is 10.9. The average Bonchev–Trinajstić information content (AvgIpc) is 3.46. The molecule has 0 radical (unpaired) electrons. The number of hydrogen-bond acceptors (Lipinski definition) is 6. The number of rotatable bonds is 9. The quantitative estimate of drug-likeness (QED) is 0.124. The van der Waals surface area contributed by atoms with Gasteiger partial charge in [0.25, 0.3) is 5.91 Å². The van der Waals surface area contributed by atoms with Gasteiger partial charge in [-0.15, -0.1) is 0 Å². The number of methoxy groups -OCH3 is 1. The Labute approximate surface area is 264 Å². The number of aliphatic hydroxyl groups is 2. The van der Waals surface area contributed by atoms with E-state index in [2.05, 4.69) is 15.4 Å². The number of aromatic nitrogens is 3. The molecule has 3 N–H and O–H groups in total. The summed E-state index contributed by atoms with van der Waals surface area (Å²) in [6.07, 6.45) is 1.04. The zero-order chi connectivity index (χ0) is 33.6. The van der Waals surface area contributed by atoms with E-state index in [1.165, 1.54) is 45.2 Å². The number of benzene rings is 3. The van der Waals surface area contributed by atoms with Gasteiger partial charge in [0.05, 0.1) is 30.0 Å². The monoisotopic (exact) mass is 660 g/mol. The number of pyridine rings is 1. The fourth-order valence-corrected chi connectivity index (χ4v) is 5.11. The van der Waals surface area contributed by atoms with Crippen molar-refractivity contribution in [2.45, 2.75) is 31.6 Å². The van der Waals surface area contributed by atoms with Crippen molar-refractivity contribution in [3.05, 3.63) is 112 Å². The number of amides is 1. The van der Waals surface area contributed by atoms with Crippen molar-refractivity contribution >= 4 is 28.4 Å². The molecular weight excluding hydrogens is 635 g/mol. The molecule has 0 spiro atoms. The molecular formula is C32H26ClF5N4O4. The topological polar surface area (TPSA) is 110 Å². The normalized spacial score (nSPS) is 13.2. The van der Waals surface area contributed by atoms with Crippen LogP contribution in [0.4, 0.5) is 22.0 Å². The zero-order valence-corrected chi connectivity index (χ0v) is 25.2. The van der Waals surface area contributed by atoms with Crippen LogP contribution in [0.15, 0.2) is 66.9 Å². The van der Waals surface area contributed by atoms with Gasteiger partial charge in [0.2, 0.25) is 0 Å². The van der Waals surface area contributed by atoms with E-state index in [1.807, 2.05) is 0 Å². The molecule has 0 unspecified atom stereocenters. The molecule has 2 aromatic heterocycles. The fourth-order valence-electron chi connectivity index (χ4n) is 4.94. The molecule has 5 aromatic rings. The number of carbonyl (C=O) groups is 1. The van der Waals surface area contributed by atoms with Gasteiger partial charge in [-0.3, -0.25) is 4.79 Å². The lowest BCUT2D eigenvalue weighted by Crippen LogP contribution is -2.42. The second kappa shape index (κ2) is 12.3. The maximum absolute atomic E-state index is 15.9. The van der Waals surface area contributed by atoms with Crippen LogP contribution in [-0.2, 0) is 11.2 Å². The molecule has 0 fully saturated rings. The Hall–Kier alpha value is -4.59. The molecule has 240 valence electrons. The summed E-state index contributed by atoms with van der Waals surface area (Å²) >= 11 is 5.87. The van der Waals surface area contributed by atoms with Crippen LogP contribution >= 0.6 is 11.6 Å². The van der Waals surface area contributed by atoms with Crippen molar-refractivity contribution < 1.29 is 41.7 Å². The predicted molar refractivity (Wildman–Crippen MR) is 159 cm³/mol. The highest BCUT2D eigenvalue weighted by Gasteiger charge is 2.38. The van der Waals surface area contributed by atoms with Crippen molar-refractivity contribution in [2.24, 2.45) is 0 Å². The third kappa shape index (κ3) is 6.13. The SMILES string of the molecule is COc1cc(C(=O)NC[C@@](O)(c2ccccc2)c2cc(C(C)(C)O)c(F)c(-c3cc(Cl)c(F)cc3F)n2)cc2cn(C(F)F)nc12. The third-order valence-corrected chi connectivity index (χ3v) is 7.62. The number of nitrogens with zero attached hydrogens (tertiary/aromatic N) is 3. The standard InChI is InChI=1S/C32H26ClF5N4O4/c1-31(2,44)20-12-25(40-28(26(20)36)19-11-21(33)23(35)13-22(19)34)32(45,18-7-5-4-6-8-18)15-39-29(43)16-9-17-14-42(30(37)38)41-27(17)24(10-16)46-3/h4-14,30,44-45H,15H2,1-3H3,(H,39,43)/t32-/m1/s1. The van der Waals surface area contributed by atoms with Crippen LogP contribution in [0.1, 0.15) is 47.6 Å². The van der Waals surface area contributed by atoms with Crippen LogP contribution < -0.4 is 10.1 Å². The van der Waals surface area contributed by atoms with Gasteiger partial charge in [-0.05, 0) is 43.7 Å². The fraction of sp³-hybridized carbons (Fsp3) is 0.219. The number of hydrogen-bond donors (Lipinski definition) is 3. The number of carbonyl (C=O) groups excluding carboxylic acids is 1. The van der Waals surface area contributed by atoms with Crippen molar-refractivity contribution in [2.75, 3.05) is 13.7 Å². The second-order valence-corrected chi connectivity index (χ2v) is 11.3. The maximum Gasteiger partial charge on any atom is 0.333 e. The van der Waals surface area contributed by atoms with E-state index < -0.39 is 63.9 Å². The zero-order valence-electron chi connectivity index (χ0n) is 24.5. The molecule has 46 heavy (non-hydrogen) atoms. The van der Waals surface area contributed by atoms with Crippen LogP contribution in [0.2, 0.25) is 5.02 Å². The summed E-state index contributed by atoms with van der Waals surface area (Å²) < 4.78 is 77.0. The first-order valence-electron chi connectivity index (χ1n) is 13.6. The Morgan fingerprint density at radius 3 is 2.37 bits per heavy atom. The van der Waals surface area contributed by atoms with Gasteiger partial charge in [-0.25, -0.2) is 22.8 Å². The molecule has 2 heterocycles. The summed E-state index contributed by atoms with van der Waals surface area (Å²) in [6.45, 7) is -1.01. The molecule has 14 heteroatoms. The summed E-state index contributed by atoms with van der Waals surface area (Å²) in [6, 6.07) is 12.8. The van der Waals surface area contributed by atoms with Crippen LogP contribution in [-0.4, -0.2) is 44.5 Å². The molecule has 1 amide bonds. The molecule has 0 aliphatic rings. The minimum absolute atomic E-state index is 0.0264. The van der Waals surface area contributed by atoms with Crippen LogP contribution in [0.3, 0.4) is 0 Å². The minimum Gasteiger partial charge on any atom is -0.494 e. The minimum atomic E-state index is -2.93. The number of alkyl halides is 2. The summed E-state index contributed by atoms with van der Waals surface area (Å²) in [5.41, 5.74) is -5.79. The van der Waals surface area contributed by atoms with E-state index >= 15 is 4.39 Å². The van der Waals surface area contributed by atoms with E-state index in [0.717, 1.165) is 18.3 Å². The number of fused-ring (bicyclic) bond motifs is 1. The number of ether oxygens (including phenoxy) is 1. The van der Waals surface area contributed by atoms with Gasteiger partial charge in [-0.1, -0.05) is 41.9 Å². The van der Waals surface area contributed by atoms with Gasteiger partial charge in [0, 0.05) is 34.3 Å². The number of halogens is 6. The highest BCUT2D eigenvalue weighted by atomic mass is 35.5. The van der Waals surface area contributed by atoms with E-state index in [4.69, 9.17) is 16.3 Å². The summed E-state index contributed by atoms with van der Waals surface area (Å²) in [4.78, 5) is 17.6. The molecule has 8 nitrogen and oxygen atoms in total. The van der Waals surface area contributed by atoms with Gasteiger partial charge in [0.15, 0.2) is 5.82 Å². The predicted octanol–water partition coefficient (Wildman–Crippen LogP) is 6.47. The summed E-state index contributed by atoms with van der Waals surface area (Å²) in [7, 11) is 1.28. The largest absolute Gasteiger partial charge is 0.494 e. The molecule has 0 aliphatic carbocycles. The first kappa shape index (κ1) is 32.8. The Bertz CT molecular complexity index is 1950. The summed E-state index contributed by atoms with van der Waals surface area (Å²) in [5.74, 6) is -4.17. The van der Waals surface area contributed by atoms with Crippen LogP contribution in [0.5, 0.6) is 5.75 Å². The van der Waals surface area contributed by atoms with Crippen molar-refractivity contribution in [1.82, 2.24) is 20.1 Å². The first-order chi connectivity index (χ1) is 21.6. The Morgan fingerprint density at radius 1 is 1.04 bits per heavy atom. The van der Waals surface area contributed by atoms with Crippen LogP contribution in [0, 0.1) is 17.5 Å². The lowest BCUT2D eigenvalue weighted by molar-refractivity contribution is 0.0573. The van der Waals surface area contributed by atoms with E-state index in [9.17, 15) is 32.6 Å². The van der Waals surface area contributed by atoms with Gasteiger partial charge in [-0.2, -0.15) is 13.9 Å². The van der Waals surface area contributed by atoms with Crippen molar-refractivity contribution in [1.29, 1.82) is 0 Å². The lowest BCUT2D eigenvalue weighted by Gasteiger charge is -2.31.